The molecule has 4 nitrogen and oxygen atoms in total. The maximum Gasteiger partial charge on any atom is 0.228 e. The summed E-state index contributed by atoms with van der Waals surface area (Å²) in [5.41, 5.74) is 2.18. The Morgan fingerprint density at radius 1 is 1.33 bits per heavy atom. The molecule has 3 rings (SSSR count). The topological polar surface area (TPSA) is 37.3 Å². The summed E-state index contributed by atoms with van der Waals surface area (Å²) in [7, 11) is 3.92. The molecule has 1 aliphatic rings. The zero-order valence-electron chi connectivity index (χ0n) is 10.7. The zero-order chi connectivity index (χ0) is 12.7. The SMILES string of the molecule is CNC1CC(=O)N(c2cn(C)c3ccccc23)C1. The quantitative estimate of drug-likeness (QED) is 0.868. The first-order chi connectivity index (χ1) is 8.70. The summed E-state index contributed by atoms with van der Waals surface area (Å²) in [5, 5.41) is 4.32. The molecule has 4 heteroatoms. The molecule has 1 aromatic heterocycles. The van der Waals surface area contributed by atoms with Gasteiger partial charge in [0, 0.05) is 43.2 Å². The number of hydrogen-bond donors (Lipinski definition) is 1. The van der Waals surface area contributed by atoms with E-state index in [0.29, 0.717) is 6.42 Å². The number of rotatable bonds is 2. The van der Waals surface area contributed by atoms with Crippen LogP contribution in [0.25, 0.3) is 10.9 Å². The summed E-state index contributed by atoms with van der Waals surface area (Å²) in [6, 6.07) is 8.45. The van der Waals surface area contributed by atoms with Crippen LogP contribution in [0.5, 0.6) is 0 Å². The van der Waals surface area contributed by atoms with Crippen LogP contribution in [0.15, 0.2) is 30.5 Å². The smallest absolute Gasteiger partial charge is 0.228 e. The second-order valence-electron chi connectivity index (χ2n) is 4.84. The van der Waals surface area contributed by atoms with E-state index in [1.807, 2.05) is 37.3 Å². The number of nitrogens with one attached hydrogen (secondary N) is 1. The standard InChI is InChI=1S/C14H17N3O/c1-15-10-7-14(18)17(8-10)13-9-16(2)12-6-4-3-5-11(12)13/h3-6,9-10,15H,7-8H2,1-2H3. The van der Waals surface area contributed by atoms with E-state index in [-0.39, 0.29) is 11.9 Å². The van der Waals surface area contributed by atoms with E-state index in [0.717, 1.165) is 23.1 Å². The van der Waals surface area contributed by atoms with Crippen molar-refractivity contribution in [3.63, 3.8) is 0 Å². The van der Waals surface area contributed by atoms with Gasteiger partial charge in [-0.05, 0) is 13.1 Å². The molecule has 0 radical (unpaired) electrons. The number of carbonyl (C=O) groups is 1. The lowest BCUT2D eigenvalue weighted by Crippen LogP contribution is -2.30. The fourth-order valence-corrected chi connectivity index (χ4v) is 2.67. The Morgan fingerprint density at radius 3 is 2.83 bits per heavy atom. The first kappa shape index (κ1) is 11.3. The molecule has 2 heterocycles. The number of para-hydroxylation sites is 1. The normalized spacial score (nSPS) is 20.0. The van der Waals surface area contributed by atoms with E-state index in [1.54, 1.807) is 0 Å². The summed E-state index contributed by atoms with van der Waals surface area (Å²) >= 11 is 0. The number of carbonyl (C=O) groups excluding carboxylic acids is 1. The molecular formula is C14H17N3O. The fraction of sp³-hybridized carbons (Fsp3) is 0.357. The number of hydrogen-bond acceptors (Lipinski definition) is 2. The van der Waals surface area contributed by atoms with Crippen molar-refractivity contribution in [2.24, 2.45) is 7.05 Å². The van der Waals surface area contributed by atoms with Gasteiger partial charge in [-0.15, -0.1) is 0 Å². The number of aromatic nitrogens is 1. The first-order valence-electron chi connectivity index (χ1n) is 6.22. The minimum absolute atomic E-state index is 0.200. The fourth-order valence-electron chi connectivity index (χ4n) is 2.67. The van der Waals surface area contributed by atoms with Gasteiger partial charge < -0.3 is 14.8 Å². The number of benzene rings is 1. The number of nitrogens with zero attached hydrogens (tertiary/aromatic N) is 2. The van der Waals surface area contributed by atoms with Crippen LogP contribution in [-0.4, -0.2) is 30.1 Å². The van der Waals surface area contributed by atoms with Crippen LogP contribution < -0.4 is 10.2 Å². The van der Waals surface area contributed by atoms with E-state index in [2.05, 4.69) is 22.0 Å². The highest BCUT2D eigenvalue weighted by molar-refractivity contribution is 6.05. The van der Waals surface area contributed by atoms with Crippen LogP contribution in [-0.2, 0) is 11.8 Å². The van der Waals surface area contributed by atoms with Gasteiger partial charge in [0.2, 0.25) is 5.91 Å². The van der Waals surface area contributed by atoms with Gasteiger partial charge in [0.1, 0.15) is 0 Å². The Kier molecular flexibility index (Phi) is 2.59. The number of likely N-dealkylation sites (N-methyl/N-ethyl adjacent to an activating group) is 1. The van der Waals surface area contributed by atoms with Crippen molar-refractivity contribution >= 4 is 22.5 Å². The maximum atomic E-state index is 12.1. The molecule has 1 atom stereocenters. The van der Waals surface area contributed by atoms with E-state index in [4.69, 9.17) is 0 Å². The monoisotopic (exact) mass is 243 g/mol. The molecule has 0 aliphatic carbocycles. The number of amides is 1. The molecule has 1 unspecified atom stereocenters. The Balaban J connectivity index is 2.07. The summed E-state index contributed by atoms with van der Waals surface area (Å²) in [6.07, 6.45) is 2.63. The van der Waals surface area contributed by atoms with Crippen molar-refractivity contribution in [3.05, 3.63) is 30.5 Å². The molecule has 1 aromatic carbocycles. The van der Waals surface area contributed by atoms with Crippen LogP contribution in [0.4, 0.5) is 5.69 Å². The van der Waals surface area contributed by atoms with E-state index < -0.39 is 0 Å². The molecule has 0 spiro atoms. The van der Waals surface area contributed by atoms with Gasteiger partial charge in [0.15, 0.2) is 0 Å². The van der Waals surface area contributed by atoms with E-state index in [1.165, 1.54) is 0 Å². The molecule has 94 valence electrons. The van der Waals surface area contributed by atoms with E-state index >= 15 is 0 Å². The average Bonchev–Trinajstić information content (AvgIpc) is 2.91. The van der Waals surface area contributed by atoms with Crippen molar-refractivity contribution < 1.29 is 4.79 Å². The second-order valence-corrected chi connectivity index (χ2v) is 4.84. The average molecular weight is 243 g/mol. The van der Waals surface area contributed by atoms with Gasteiger partial charge in [-0.1, -0.05) is 18.2 Å². The predicted molar refractivity (Wildman–Crippen MR) is 72.7 cm³/mol. The first-order valence-corrected chi connectivity index (χ1v) is 6.22. The molecule has 0 saturated carbocycles. The summed E-state index contributed by atoms with van der Waals surface area (Å²) in [5.74, 6) is 0.200. The highest BCUT2D eigenvalue weighted by Crippen LogP contribution is 2.31. The molecule has 1 aliphatic heterocycles. The summed E-state index contributed by atoms with van der Waals surface area (Å²) in [4.78, 5) is 14.0. The third-order valence-electron chi connectivity index (χ3n) is 3.70. The van der Waals surface area contributed by atoms with Gasteiger partial charge in [-0.3, -0.25) is 4.79 Å². The molecule has 1 amide bonds. The lowest BCUT2D eigenvalue weighted by atomic mass is 10.2. The van der Waals surface area contributed by atoms with Crippen LogP contribution >= 0.6 is 0 Å². The highest BCUT2D eigenvalue weighted by Gasteiger charge is 2.31. The Morgan fingerprint density at radius 2 is 2.11 bits per heavy atom. The largest absolute Gasteiger partial charge is 0.348 e. The third-order valence-corrected chi connectivity index (χ3v) is 3.70. The zero-order valence-corrected chi connectivity index (χ0v) is 10.7. The third kappa shape index (κ3) is 1.61. The highest BCUT2D eigenvalue weighted by atomic mass is 16.2. The number of fused-ring (bicyclic) bond motifs is 1. The minimum Gasteiger partial charge on any atom is -0.348 e. The molecule has 18 heavy (non-hydrogen) atoms. The molecule has 1 fully saturated rings. The van der Waals surface area contributed by atoms with Crippen LogP contribution in [0.1, 0.15) is 6.42 Å². The van der Waals surface area contributed by atoms with E-state index in [9.17, 15) is 4.79 Å². The van der Waals surface area contributed by atoms with Crippen LogP contribution in [0.2, 0.25) is 0 Å². The van der Waals surface area contributed by atoms with Crippen LogP contribution in [0.3, 0.4) is 0 Å². The van der Waals surface area contributed by atoms with Crippen molar-refractivity contribution in [2.45, 2.75) is 12.5 Å². The van der Waals surface area contributed by atoms with Gasteiger partial charge in [-0.2, -0.15) is 0 Å². The van der Waals surface area contributed by atoms with Crippen molar-refractivity contribution in [1.29, 1.82) is 0 Å². The number of anilines is 1. The Labute approximate surface area is 106 Å². The lowest BCUT2D eigenvalue weighted by molar-refractivity contribution is -0.117. The van der Waals surface area contributed by atoms with Gasteiger partial charge in [0.25, 0.3) is 0 Å². The van der Waals surface area contributed by atoms with Gasteiger partial charge >= 0.3 is 0 Å². The Hall–Kier alpha value is -1.81. The van der Waals surface area contributed by atoms with Crippen molar-refractivity contribution in [3.8, 4) is 0 Å². The molecule has 1 N–H and O–H groups in total. The molecule has 1 saturated heterocycles. The Bertz CT molecular complexity index is 602. The minimum atomic E-state index is 0.200. The summed E-state index contributed by atoms with van der Waals surface area (Å²) < 4.78 is 2.07. The molecular weight excluding hydrogens is 226 g/mol. The number of aryl methyl sites for hydroxylation is 1. The van der Waals surface area contributed by atoms with Gasteiger partial charge in [-0.25, -0.2) is 0 Å². The maximum absolute atomic E-state index is 12.1. The summed E-state index contributed by atoms with van der Waals surface area (Å²) in [6.45, 7) is 0.753. The van der Waals surface area contributed by atoms with Gasteiger partial charge in [0.05, 0.1) is 5.69 Å². The van der Waals surface area contributed by atoms with Crippen molar-refractivity contribution in [1.82, 2.24) is 9.88 Å². The van der Waals surface area contributed by atoms with Crippen LogP contribution in [0, 0.1) is 0 Å². The molecule has 2 aromatic rings. The molecule has 0 bridgehead atoms. The van der Waals surface area contributed by atoms with Crippen molar-refractivity contribution in [2.75, 3.05) is 18.5 Å². The second kappa shape index (κ2) is 4.14. The predicted octanol–water partition coefficient (Wildman–Crippen LogP) is 1.50. The lowest BCUT2D eigenvalue weighted by Gasteiger charge is -2.15.